The van der Waals surface area contributed by atoms with Crippen LogP contribution in [0.3, 0.4) is 0 Å². The van der Waals surface area contributed by atoms with Gasteiger partial charge in [0.05, 0.1) is 0 Å². The van der Waals surface area contributed by atoms with Crippen molar-refractivity contribution in [2.24, 2.45) is 14.1 Å². The van der Waals surface area contributed by atoms with Gasteiger partial charge >= 0.3 is 0 Å². The molecule has 122 valence electrons. The number of pyridine rings is 1. The van der Waals surface area contributed by atoms with E-state index >= 15 is 0 Å². The van der Waals surface area contributed by atoms with Crippen molar-refractivity contribution in [1.29, 1.82) is 0 Å². The van der Waals surface area contributed by atoms with E-state index in [0.717, 1.165) is 32.2 Å². The van der Waals surface area contributed by atoms with E-state index in [0.29, 0.717) is 0 Å². The summed E-state index contributed by atoms with van der Waals surface area (Å²) in [5.41, 5.74) is 4.36. The van der Waals surface area contributed by atoms with Gasteiger partial charge in [-0.05, 0) is 18.2 Å². The van der Waals surface area contributed by atoms with Gasteiger partial charge in [-0.25, -0.2) is 4.98 Å². The first kappa shape index (κ1) is 14.4. The normalized spacial score (nSPS) is 11.6. The molecular weight excluding hydrogens is 330 g/mol. The van der Waals surface area contributed by atoms with Crippen LogP contribution in [0.2, 0.25) is 0 Å². The van der Waals surface area contributed by atoms with E-state index < -0.39 is 0 Å². The van der Waals surface area contributed by atoms with Crippen molar-refractivity contribution in [3.05, 3.63) is 55.0 Å². The smallest absolute Gasteiger partial charge is 0.150 e. The maximum Gasteiger partial charge on any atom is 0.150 e. The van der Waals surface area contributed by atoms with E-state index in [1.54, 1.807) is 11.3 Å². The maximum atomic E-state index is 4.47. The summed E-state index contributed by atoms with van der Waals surface area (Å²) in [6, 6.07) is 12.4. The van der Waals surface area contributed by atoms with E-state index in [9.17, 15) is 0 Å². The summed E-state index contributed by atoms with van der Waals surface area (Å²) >= 11 is 1.62. The zero-order valence-corrected chi connectivity index (χ0v) is 14.7. The van der Waals surface area contributed by atoms with Gasteiger partial charge in [0, 0.05) is 60.1 Å². The highest BCUT2D eigenvalue weighted by atomic mass is 32.1. The first-order chi connectivity index (χ1) is 12.2. The number of aryl methyl sites for hydroxylation is 2. The summed E-state index contributed by atoms with van der Waals surface area (Å²) in [5.74, 6) is 0. The molecule has 4 heterocycles. The van der Waals surface area contributed by atoms with Crippen LogP contribution in [0.1, 0.15) is 0 Å². The molecule has 0 aliphatic heterocycles. The van der Waals surface area contributed by atoms with Crippen LogP contribution in [0.5, 0.6) is 0 Å². The Morgan fingerprint density at radius 2 is 1.48 bits per heavy atom. The summed E-state index contributed by atoms with van der Waals surface area (Å²) < 4.78 is 4.16. The standard InChI is InChI=1S/C19H15N5S/c1-23-10-14(12-6-3-4-8-16(12)23)18-21-22-19(25-18)15-11-24(2)17-13(15)7-5-9-20-17/h3-11H,1-2H3. The Balaban J connectivity index is 1.68. The van der Waals surface area contributed by atoms with Crippen LogP contribution >= 0.6 is 11.3 Å². The molecule has 0 fully saturated rings. The first-order valence-electron chi connectivity index (χ1n) is 8.01. The Bertz CT molecular complexity index is 1130. The molecule has 0 atom stereocenters. The lowest BCUT2D eigenvalue weighted by atomic mass is 10.2. The third kappa shape index (κ3) is 2.11. The van der Waals surface area contributed by atoms with Gasteiger partial charge in [0.1, 0.15) is 15.7 Å². The second-order valence-electron chi connectivity index (χ2n) is 6.11. The van der Waals surface area contributed by atoms with Crippen molar-refractivity contribution in [2.75, 3.05) is 0 Å². The highest BCUT2D eigenvalue weighted by Gasteiger charge is 2.17. The zero-order valence-electron chi connectivity index (χ0n) is 13.8. The molecule has 0 saturated carbocycles. The lowest BCUT2D eigenvalue weighted by Crippen LogP contribution is -1.85. The molecule has 0 spiro atoms. The Hall–Kier alpha value is -2.99. The van der Waals surface area contributed by atoms with E-state index in [1.807, 2.05) is 23.9 Å². The molecule has 5 rings (SSSR count). The highest BCUT2D eigenvalue weighted by Crippen LogP contribution is 2.37. The Labute approximate surface area is 148 Å². The minimum absolute atomic E-state index is 0.918. The molecule has 25 heavy (non-hydrogen) atoms. The summed E-state index contributed by atoms with van der Waals surface area (Å²) in [4.78, 5) is 4.45. The van der Waals surface area contributed by atoms with Gasteiger partial charge in [0.2, 0.25) is 0 Å². The molecule has 0 saturated heterocycles. The monoisotopic (exact) mass is 345 g/mol. The van der Waals surface area contributed by atoms with Gasteiger partial charge < -0.3 is 9.13 Å². The molecule has 0 aliphatic rings. The number of rotatable bonds is 2. The molecule has 6 heteroatoms. The number of hydrogen-bond acceptors (Lipinski definition) is 4. The Morgan fingerprint density at radius 1 is 0.800 bits per heavy atom. The van der Waals surface area contributed by atoms with Crippen molar-refractivity contribution in [3.63, 3.8) is 0 Å². The Morgan fingerprint density at radius 3 is 2.32 bits per heavy atom. The van der Waals surface area contributed by atoms with Gasteiger partial charge in [-0.2, -0.15) is 0 Å². The van der Waals surface area contributed by atoms with E-state index in [4.69, 9.17) is 0 Å². The van der Waals surface area contributed by atoms with Crippen LogP contribution in [0.15, 0.2) is 55.0 Å². The second kappa shape index (κ2) is 5.26. The average molecular weight is 345 g/mol. The minimum atomic E-state index is 0.918. The van der Waals surface area contributed by atoms with Crippen molar-refractivity contribution in [3.8, 4) is 21.1 Å². The molecule has 5 aromatic rings. The van der Waals surface area contributed by atoms with Gasteiger partial charge in [0.25, 0.3) is 0 Å². The molecule has 5 nitrogen and oxygen atoms in total. The van der Waals surface area contributed by atoms with Crippen molar-refractivity contribution >= 4 is 33.3 Å². The number of hydrogen-bond donors (Lipinski definition) is 0. The number of benzene rings is 1. The quantitative estimate of drug-likeness (QED) is 0.480. The topological polar surface area (TPSA) is 48.5 Å². The number of aromatic nitrogens is 5. The van der Waals surface area contributed by atoms with Gasteiger partial charge in [0.15, 0.2) is 0 Å². The fraction of sp³-hybridized carbons (Fsp3) is 0.105. The molecule has 1 aromatic carbocycles. The fourth-order valence-corrected chi connectivity index (χ4v) is 4.23. The lowest BCUT2D eigenvalue weighted by Gasteiger charge is -1.93. The molecule has 0 amide bonds. The summed E-state index contributed by atoms with van der Waals surface area (Å²) in [6.45, 7) is 0. The van der Waals surface area contributed by atoms with Crippen LogP contribution in [0.4, 0.5) is 0 Å². The van der Waals surface area contributed by atoms with Crippen LogP contribution in [-0.2, 0) is 14.1 Å². The largest absolute Gasteiger partial charge is 0.350 e. The fourth-order valence-electron chi connectivity index (χ4n) is 3.34. The van der Waals surface area contributed by atoms with Crippen LogP contribution in [-0.4, -0.2) is 24.3 Å². The van der Waals surface area contributed by atoms with Crippen molar-refractivity contribution in [1.82, 2.24) is 24.3 Å². The zero-order chi connectivity index (χ0) is 17.0. The second-order valence-corrected chi connectivity index (χ2v) is 7.09. The van der Waals surface area contributed by atoms with E-state index in [-0.39, 0.29) is 0 Å². The summed E-state index contributed by atoms with van der Waals surface area (Å²) in [6.07, 6.45) is 6.01. The molecule has 0 N–H and O–H groups in total. The third-order valence-electron chi connectivity index (χ3n) is 4.52. The minimum Gasteiger partial charge on any atom is -0.350 e. The van der Waals surface area contributed by atoms with Crippen LogP contribution in [0, 0.1) is 0 Å². The molecule has 4 aromatic heterocycles. The lowest BCUT2D eigenvalue weighted by molar-refractivity contribution is 0.948. The maximum absolute atomic E-state index is 4.47. The first-order valence-corrected chi connectivity index (χ1v) is 8.82. The average Bonchev–Trinajstić information content (AvgIpc) is 3.33. The highest BCUT2D eigenvalue weighted by molar-refractivity contribution is 7.18. The SMILES string of the molecule is Cn1cc(-c2nnc(-c3cn(C)c4ncccc34)s2)c2ccccc21. The predicted molar refractivity (Wildman–Crippen MR) is 102 cm³/mol. The summed E-state index contributed by atoms with van der Waals surface area (Å²) in [5, 5.41) is 13.1. The van der Waals surface area contributed by atoms with Crippen molar-refractivity contribution < 1.29 is 0 Å². The molecular formula is C19H15N5S. The van der Waals surface area contributed by atoms with Gasteiger partial charge in [-0.15, -0.1) is 10.2 Å². The summed E-state index contributed by atoms with van der Waals surface area (Å²) in [7, 11) is 4.07. The molecule has 0 radical (unpaired) electrons. The van der Waals surface area contributed by atoms with Crippen LogP contribution in [0.25, 0.3) is 43.1 Å². The van der Waals surface area contributed by atoms with Crippen LogP contribution < -0.4 is 0 Å². The number of nitrogens with zero attached hydrogens (tertiary/aromatic N) is 5. The van der Waals surface area contributed by atoms with E-state index in [1.165, 1.54) is 10.9 Å². The molecule has 0 bridgehead atoms. The number of fused-ring (bicyclic) bond motifs is 2. The predicted octanol–water partition coefficient (Wildman–Crippen LogP) is 4.25. The van der Waals surface area contributed by atoms with Gasteiger partial charge in [-0.3, -0.25) is 0 Å². The van der Waals surface area contributed by atoms with Gasteiger partial charge in [-0.1, -0.05) is 29.5 Å². The van der Waals surface area contributed by atoms with Crippen molar-refractivity contribution in [2.45, 2.75) is 0 Å². The molecule has 0 aliphatic carbocycles. The molecule has 0 unspecified atom stereocenters. The van der Waals surface area contributed by atoms with E-state index in [2.05, 4.69) is 69.5 Å². The number of para-hydroxylation sites is 1. The third-order valence-corrected chi connectivity index (χ3v) is 5.51. The Kier molecular flexibility index (Phi) is 3.02.